The summed E-state index contributed by atoms with van der Waals surface area (Å²) in [5, 5.41) is 0. The largest absolute Gasteiger partial charge is 0.465 e. The first kappa shape index (κ1) is 94.9. The van der Waals surface area contributed by atoms with Gasteiger partial charge in [-0.3, -0.25) is 19.2 Å². The van der Waals surface area contributed by atoms with E-state index in [0.717, 1.165) is 77.0 Å². The van der Waals surface area contributed by atoms with E-state index in [2.05, 4.69) is 27.7 Å². The van der Waals surface area contributed by atoms with Crippen LogP contribution in [0, 0.1) is 5.41 Å². The van der Waals surface area contributed by atoms with Crippen molar-refractivity contribution in [1.82, 2.24) is 0 Å². The standard InChI is InChI=1S/C89H172O8/c1-5-9-13-17-21-25-29-33-37-41-45-49-53-57-61-65-69-73-77-85(90)94-81-89(82-95-86(91)78-74-70-66-62-58-54-50-46-42-38-34-30-26-22-18-14-10-6-2,83-96-87(92)79-75-71-67-63-59-55-51-47-43-39-35-31-27-23-19-15-11-7-3)84-97-88(93)80-76-72-68-64-60-56-52-48-44-40-36-32-28-24-20-16-12-8-4/h5-84H2,1-4H3. The van der Waals surface area contributed by atoms with E-state index in [9.17, 15) is 19.2 Å². The Balaban J connectivity index is 5.38. The Morgan fingerprint density at radius 2 is 0.247 bits per heavy atom. The molecule has 0 aliphatic carbocycles. The molecular formula is C89H172O8. The van der Waals surface area contributed by atoms with Crippen LogP contribution in [-0.4, -0.2) is 50.3 Å². The van der Waals surface area contributed by atoms with Crippen molar-refractivity contribution in [2.45, 2.75) is 516 Å². The number of unbranched alkanes of at least 4 members (excludes halogenated alkanes) is 68. The molecule has 0 fully saturated rings. The molecule has 0 aromatic heterocycles. The van der Waals surface area contributed by atoms with E-state index in [-0.39, 0.29) is 50.3 Å². The number of rotatable bonds is 84. The molecule has 8 nitrogen and oxygen atoms in total. The predicted molar refractivity (Wildman–Crippen MR) is 420 cm³/mol. The molecule has 0 N–H and O–H groups in total. The Bertz CT molecular complexity index is 1350. The van der Waals surface area contributed by atoms with Crippen LogP contribution >= 0.6 is 0 Å². The second kappa shape index (κ2) is 81.2. The van der Waals surface area contributed by atoms with Crippen LogP contribution in [0.3, 0.4) is 0 Å². The normalized spacial score (nSPS) is 11.7. The fourth-order valence-electron chi connectivity index (χ4n) is 14.2. The molecule has 0 aromatic carbocycles. The summed E-state index contributed by atoms with van der Waals surface area (Å²) in [6.45, 7) is 8.53. The number of hydrogen-bond acceptors (Lipinski definition) is 8. The Morgan fingerprint density at radius 3 is 0.351 bits per heavy atom. The summed E-state index contributed by atoms with van der Waals surface area (Å²) in [6.07, 6.45) is 93.8. The van der Waals surface area contributed by atoms with Crippen molar-refractivity contribution in [2.75, 3.05) is 26.4 Å². The maximum atomic E-state index is 13.5. The zero-order valence-electron chi connectivity index (χ0n) is 66.3. The SMILES string of the molecule is CCCCCCCCCCCCCCCCCCCCC(=O)OCC(COC(=O)CCCCCCCCCCCCCCCCCCCC)(COC(=O)CCCCCCCCCCCCCCCCCCCC)COC(=O)CCCCCCCCCCCCCCCCCCCC. The Kier molecular flexibility index (Phi) is 79.4. The highest BCUT2D eigenvalue weighted by molar-refractivity contribution is 5.71. The fraction of sp³-hybridized carbons (Fsp3) is 0.955. The second-order valence-corrected chi connectivity index (χ2v) is 31.2. The molecule has 0 unspecified atom stereocenters. The summed E-state index contributed by atoms with van der Waals surface area (Å²) in [6, 6.07) is 0. The van der Waals surface area contributed by atoms with Crippen LogP contribution in [0.25, 0.3) is 0 Å². The van der Waals surface area contributed by atoms with Gasteiger partial charge >= 0.3 is 23.9 Å². The van der Waals surface area contributed by atoms with Crippen molar-refractivity contribution in [2.24, 2.45) is 5.41 Å². The van der Waals surface area contributed by atoms with E-state index in [0.29, 0.717) is 25.7 Å². The van der Waals surface area contributed by atoms with E-state index in [1.165, 1.54) is 385 Å². The average molecular weight is 1370 g/mol. The van der Waals surface area contributed by atoms with Crippen LogP contribution < -0.4 is 0 Å². The summed E-state index contributed by atoms with van der Waals surface area (Å²) in [5.74, 6) is -1.27. The zero-order chi connectivity index (χ0) is 70.2. The molecule has 0 heterocycles. The van der Waals surface area contributed by atoms with Crippen molar-refractivity contribution in [3.8, 4) is 0 Å². The third-order valence-corrected chi connectivity index (χ3v) is 21.1. The van der Waals surface area contributed by atoms with Gasteiger partial charge in [-0.2, -0.15) is 0 Å². The van der Waals surface area contributed by atoms with Crippen LogP contribution in [0.1, 0.15) is 516 Å². The van der Waals surface area contributed by atoms with Gasteiger partial charge < -0.3 is 18.9 Å². The van der Waals surface area contributed by atoms with Crippen LogP contribution in [0.5, 0.6) is 0 Å². The van der Waals surface area contributed by atoms with E-state index >= 15 is 0 Å². The predicted octanol–water partition coefficient (Wildman–Crippen LogP) is 29.9. The molecule has 0 aromatic rings. The minimum Gasteiger partial charge on any atom is -0.465 e. The first-order chi connectivity index (χ1) is 47.8. The van der Waals surface area contributed by atoms with E-state index in [4.69, 9.17) is 18.9 Å². The maximum absolute atomic E-state index is 13.5. The minimum absolute atomic E-state index is 0.156. The van der Waals surface area contributed by atoms with Gasteiger partial charge in [-0.05, 0) is 25.7 Å². The van der Waals surface area contributed by atoms with Gasteiger partial charge in [0.1, 0.15) is 31.8 Å². The number of carbonyl (C=O) groups is 4. The van der Waals surface area contributed by atoms with Crippen molar-refractivity contribution < 1.29 is 38.1 Å². The highest BCUT2D eigenvalue weighted by Gasteiger charge is 2.38. The van der Waals surface area contributed by atoms with E-state index < -0.39 is 5.41 Å². The Morgan fingerprint density at radius 1 is 0.155 bits per heavy atom. The molecule has 0 bridgehead atoms. The lowest BCUT2D eigenvalue weighted by atomic mass is 9.92. The lowest BCUT2D eigenvalue weighted by Gasteiger charge is -2.31. The van der Waals surface area contributed by atoms with Gasteiger partial charge in [0, 0.05) is 25.7 Å². The van der Waals surface area contributed by atoms with E-state index in [1.807, 2.05) is 0 Å². The maximum Gasteiger partial charge on any atom is 0.305 e. The molecule has 8 heteroatoms. The second-order valence-electron chi connectivity index (χ2n) is 31.2. The molecule has 0 spiro atoms. The molecule has 97 heavy (non-hydrogen) atoms. The summed E-state index contributed by atoms with van der Waals surface area (Å²) >= 11 is 0. The molecule has 0 aliphatic heterocycles. The van der Waals surface area contributed by atoms with Gasteiger partial charge in [0.15, 0.2) is 0 Å². The van der Waals surface area contributed by atoms with Crippen LogP contribution in [0.15, 0.2) is 0 Å². The molecule has 0 rings (SSSR count). The van der Waals surface area contributed by atoms with Crippen molar-refractivity contribution in [3.05, 3.63) is 0 Å². The average Bonchev–Trinajstić information content (AvgIpc) is 1.05. The number of hydrogen-bond donors (Lipinski definition) is 0. The third-order valence-electron chi connectivity index (χ3n) is 21.1. The third kappa shape index (κ3) is 76.4. The summed E-state index contributed by atoms with van der Waals surface area (Å²) in [5.41, 5.74) is -1.21. The number of esters is 4. The first-order valence-corrected chi connectivity index (χ1v) is 44.4. The highest BCUT2D eigenvalue weighted by Crippen LogP contribution is 2.26. The number of ether oxygens (including phenoxy) is 4. The summed E-state index contributed by atoms with van der Waals surface area (Å²) < 4.78 is 24.1. The van der Waals surface area contributed by atoms with E-state index in [1.54, 1.807) is 0 Å². The van der Waals surface area contributed by atoms with Crippen LogP contribution in [-0.2, 0) is 38.1 Å². The molecule has 0 atom stereocenters. The highest BCUT2D eigenvalue weighted by atomic mass is 16.6. The van der Waals surface area contributed by atoms with Gasteiger partial charge in [0.05, 0.1) is 0 Å². The lowest BCUT2D eigenvalue weighted by molar-refractivity contribution is -0.170. The minimum atomic E-state index is -1.21. The van der Waals surface area contributed by atoms with Crippen LogP contribution in [0.4, 0.5) is 0 Å². The first-order valence-electron chi connectivity index (χ1n) is 44.4. The van der Waals surface area contributed by atoms with Gasteiger partial charge in [0.2, 0.25) is 0 Å². The molecule has 576 valence electrons. The smallest absolute Gasteiger partial charge is 0.305 e. The molecule has 0 saturated heterocycles. The van der Waals surface area contributed by atoms with Crippen molar-refractivity contribution >= 4 is 23.9 Å². The van der Waals surface area contributed by atoms with Gasteiger partial charge in [-0.1, -0.05) is 464 Å². The fourth-order valence-corrected chi connectivity index (χ4v) is 14.2. The zero-order valence-corrected chi connectivity index (χ0v) is 66.3. The van der Waals surface area contributed by atoms with Crippen LogP contribution in [0.2, 0.25) is 0 Å². The Labute approximate surface area is 606 Å². The van der Waals surface area contributed by atoms with Gasteiger partial charge in [0.25, 0.3) is 0 Å². The number of carbonyl (C=O) groups excluding carboxylic acids is 4. The van der Waals surface area contributed by atoms with Gasteiger partial charge in [-0.25, -0.2) is 0 Å². The monoisotopic (exact) mass is 1370 g/mol. The lowest BCUT2D eigenvalue weighted by Crippen LogP contribution is -2.44. The Hall–Kier alpha value is -2.12. The summed E-state index contributed by atoms with van der Waals surface area (Å²) in [7, 11) is 0. The van der Waals surface area contributed by atoms with Crippen molar-refractivity contribution in [3.63, 3.8) is 0 Å². The van der Waals surface area contributed by atoms with Crippen molar-refractivity contribution in [1.29, 1.82) is 0 Å². The molecule has 0 amide bonds. The molecule has 0 radical (unpaired) electrons. The molecule has 0 saturated carbocycles. The topological polar surface area (TPSA) is 105 Å². The quantitative estimate of drug-likeness (QED) is 0.0337. The summed E-state index contributed by atoms with van der Waals surface area (Å²) in [4.78, 5) is 54.0. The van der Waals surface area contributed by atoms with Gasteiger partial charge in [-0.15, -0.1) is 0 Å². The molecule has 0 aliphatic rings. The molecular weight excluding hydrogens is 1200 g/mol.